The second kappa shape index (κ2) is 9.65. The first-order valence-electron chi connectivity index (χ1n) is 9.99. The van der Waals surface area contributed by atoms with Crippen molar-refractivity contribution >= 4 is 15.9 Å². The van der Waals surface area contributed by atoms with E-state index in [2.05, 4.69) is 5.32 Å². The molecule has 1 atom stereocenters. The molecular formula is C21H23F4N3O4S. The molecule has 1 amide bonds. The van der Waals surface area contributed by atoms with Crippen molar-refractivity contribution in [2.75, 3.05) is 20.2 Å². The number of ether oxygens (including phenoxy) is 1. The largest absolute Gasteiger partial charge is 0.496 e. The molecule has 0 spiro atoms. The van der Waals surface area contributed by atoms with E-state index in [1.54, 1.807) is 0 Å². The molecule has 2 aromatic rings. The average molecular weight is 489 g/mol. The van der Waals surface area contributed by atoms with Gasteiger partial charge in [-0.3, -0.25) is 9.69 Å². The van der Waals surface area contributed by atoms with Gasteiger partial charge in [0.15, 0.2) is 0 Å². The maximum atomic E-state index is 13.6. The van der Waals surface area contributed by atoms with Crippen LogP contribution in [-0.4, -0.2) is 45.5 Å². The van der Waals surface area contributed by atoms with Gasteiger partial charge in [0, 0.05) is 19.1 Å². The number of hydrogen-bond acceptors (Lipinski definition) is 5. The Morgan fingerprint density at radius 3 is 2.61 bits per heavy atom. The SMILES string of the molecule is COc1ccc(S(N)(=O)=O)cc1C(=O)NCC1CCCN1Cc1ccc(F)c(C(F)(F)F)c1. The lowest BCUT2D eigenvalue weighted by atomic mass is 10.1. The van der Waals surface area contributed by atoms with Crippen LogP contribution in [0.5, 0.6) is 5.75 Å². The molecule has 7 nitrogen and oxygen atoms in total. The number of benzene rings is 2. The van der Waals surface area contributed by atoms with Gasteiger partial charge < -0.3 is 10.1 Å². The molecule has 1 heterocycles. The molecule has 0 radical (unpaired) electrons. The number of sulfonamides is 1. The number of primary sulfonamides is 1. The standard InChI is InChI=1S/C21H23F4N3O4S/c1-32-19-7-5-15(33(26,30)31)10-16(19)20(29)27-11-14-3-2-8-28(14)12-13-4-6-18(22)17(9-13)21(23,24)25/h4-7,9-10,14H,2-3,8,11-12H2,1H3,(H,27,29)(H2,26,30,31). The smallest absolute Gasteiger partial charge is 0.419 e. The highest BCUT2D eigenvalue weighted by Gasteiger charge is 2.34. The number of nitrogens with one attached hydrogen (secondary N) is 1. The summed E-state index contributed by atoms with van der Waals surface area (Å²) in [4.78, 5) is 14.4. The quantitative estimate of drug-likeness (QED) is 0.583. The molecule has 33 heavy (non-hydrogen) atoms. The minimum Gasteiger partial charge on any atom is -0.496 e. The van der Waals surface area contributed by atoms with Crippen LogP contribution in [0.15, 0.2) is 41.3 Å². The number of nitrogens with two attached hydrogens (primary N) is 1. The third kappa shape index (κ3) is 6.01. The minimum atomic E-state index is -4.79. The fraction of sp³-hybridized carbons (Fsp3) is 0.381. The summed E-state index contributed by atoms with van der Waals surface area (Å²) in [6.45, 7) is 0.937. The van der Waals surface area contributed by atoms with Crippen LogP contribution >= 0.6 is 0 Å². The lowest BCUT2D eigenvalue weighted by molar-refractivity contribution is -0.140. The molecule has 1 fully saturated rings. The average Bonchev–Trinajstić information content (AvgIpc) is 3.18. The van der Waals surface area contributed by atoms with E-state index in [-0.39, 0.29) is 35.3 Å². The summed E-state index contributed by atoms with van der Waals surface area (Å²) in [6.07, 6.45) is -3.32. The Balaban J connectivity index is 1.70. The number of carbonyl (C=O) groups is 1. The highest BCUT2D eigenvalue weighted by atomic mass is 32.2. The highest BCUT2D eigenvalue weighted by Crippen LogP contribution is 2.32. The summed E-state index contributed by atoms with van der Waals surface area (Å²) < 4.78 is 80.9. The fourth-order valence-corrected chi connectivity index (χ4v) is 4.34. The Morgan fingerprint density at radius 2 is 1.97 bits per heavy atom. The van der Waals surface area contributed by atoms with Crippen molar-refractivity contribution in [3.05, 3.63) is 58.9 Å². The second-order valence-corrected chi connectivity index (χ2v) is 9.26. The van der Waals surface area contributed by atoms with Gasteiger partial charge in [-0.05, 0) is 55.3 Å². The Bertz CT molecular complexity index is 1140. The molecule has 0 aromatic heterocycles. The van der Waals surface area contributed by atoms with Gasteiger partial charge >= 0.3 is 6.18 Å². The zero-order valence-corrected chi connectivity index (χ0v) is 18.5. The number of amides is 1. The first-order chi connectivity index (χ1) is 15.4. The van der Waals surface area contributed by atoms with Crippen molar-refractivity contribution in [1.29, 1.82) is 0 Å². The summed E-state index contributed by atoms with van der Waals surface area (Å²) in [7, 11) is -2.69. The number of methoxy groups -OCH3 is 1. The number of alkyl halides is 3. The van der Waals surface area contributed by atoms with Gasteiger partial charge in [0.2, 0.25) is 10.0 Å². The zero-order chi connectivity index (χ0) is 24.4. The maximum absolute atomic E-state index is 13.6. The molecule has 0 bridgehead atoms. The van der Waals surface area contributed by atoms with E-state index in [0.29, 0.717) is 18.5 Å². The van der Waals surface area contributed by atoms with E-state index in [1.165, 1.54) is 25.3 Å². The molecule has 2 aromatic carbocycles. The molecule has 1 saturated heterocycles. The number of carbonyl (C=O) groups excluding carboxylic acids is 1. The van der Waals surface area contributed by atoms with Crippen LogP contribution in [0.3, 0.4) is 0 Å². The summed E-state index contributed by atoms with van der Waals surface area (Å²) in [5, 5.41) is 7.85. The molecule has 180 valence electrons. The van der Waals surface area contributed by atoms with Crippen molar-refractivity contribution in [3.8, 4) is 5.75 Å². The molecular weight excluding hydrogens is 466 g/mol. The van der Waals surface area contributed by atoms with E-state index in [4.69, 9.17) is 9.88 Å². The van der Waals surface area contributed by atoms with Gasteiger partial charge in [0.25, 0.3) is 5.91 Å². The summed E-state index contributed by atoms with van der Waals surface area (Å²) in [5.41, 5.74) is -1.02. The first-order valence-corrected chi connectivity index (χ1v) is 11.5. The molecule has 0 saturated carbocycles. The van der Waals surface area contributed by atoms with Gasteiger partial charge in [-0.15, -0.1) is 0 Å². The van der Waals surface area contributed by atoms with Crippen LogP contribution in [-0.2, 0) is 22.7 Å². The van der Waals surface area contributed by atoms with Crippen molar-refractivity contribution in [2.24, 2.45) is 5.14 Å². The molecule has 1 aliphatic rings. The van der Waals surface area contributed by atoms with E-state index in [1.807, 2.05) is 4.90 Å². The lowest BCUT2D eigenvalue weighted by Gasteiger charge is -2.25. The number of rotatable bonds is 7. The van der Waals surface area contributed by atoms with E-state index < -0.39 is 33.5 Å². The maximum Gasteiger partial charge on any atom is 0.419 e. The van der Waals surface area contributed by atoms with Crippen LogP contribution in [0.1, 0.15) is 34.3 Å². The van der Waals surface area contributed by atoms with Gasteiger partial charge in [0.05, 0.1) is 23.1 Å². The Hall–Kier alpha value is -2.70. The predicted octanol–water partition coefficient (Wildman–Crippen LogP) is 2.89. The molecule has 12 heteroatoms. The third-order valence-electron chi connectivity index (χ3n) is 5.46. The van der Waals surface area contributed by atoms with Crippen molar-refractivity contribution < 1.29 is 35.5 Å². The zero-order valence-electron chi connectivity index (χ0n) is 17.7. The highest BCUT2D eigenvalue weighted by molar-refractivity contribution is 7.89. The molecule has 1 unspecified atom stereocenters. The first kappa shape index (κ1) is 24.9. The van der Waals surface area contributed by atoms with Crippen LogP contribution in [0, 0.1) is 5.82 Å². The Morgan fingerprint density at radius 1 is 1.24 bits per heavy atom. The lowest BCUT2D eigenvalue weighted by Crippen LogP contribution is -2.40. The van der Waals surface area contributed by atoms with Gasteiger partial charge in [-0.2, -0.15) is 13.2 Å². The Kier molecular flexibility index (Phi) is 7.29. The second-order valence-electron chi connectivity index (χ2n) is 7.70. The van der Waals surface area contributed by atoms with Crippen LogP contribution in [0.25, 0.3) is 0 Å². The normalized spacial score (nSPS) is 17.2. The molecule has 1 aliphatic heterocycles. The van der Waals surface area contributed by atoms with Crippen molar-refractivity contribution in [2.45, 2.75) is 36.5 Å². The van der Waals surface area contributed by atoms with E-state index >= 15 is 0 Å². The Labute approximate surface area is 188 Å². The summed E-state index contributed by atoms with van der Waals surface area (Å²) >= 11 is 0. The van der Waals surface area contributed by atoms with Gasteiger partial charge in [-0.25, -0.2) is 17.9 Å². The molecule has 3 N–H and O–H groups in total. The van der Waals surface area contributed by atoms with Crippen molar-refractivity contribution in [3.63, 3.8) is 0 Å². The fourth-order valence-electron chi connectivity index (χ4n) is 3.80. The third-order valence-corrected chi connectivity index (χ3v) is 6.37. The minimum absolute atomic E-state index is 0.0121. The monoisotopic (exact) mass is 489 g/mol. The van der Waals surface area contributed by atoms with Crippen LogP contribution in [0.4, 0.5) is 17.6 Å². The van der Waals surface area contributed by atoms with Gasteiger partial charge in [0.1, 0.15) is 11.6 Å². The topological polar surface area (TPSA) is 102 Å². The number of nitrogens with zero attached hydrogens (tertiary/aromatic N) is 1. The molecule has 0 aliphatic carbocycles. The number of hydrogen-bond donors (Lipinski definition) is 2. The van der Waals surface area contributed by atoms with Gasteiger partial charge in [-0.1, -0.05) is 6.07 Å². The summed E-state index contributed by atoms with van der Waals surface area (Å²) in [5.74, 6) is -1.74. The molecule has 3 rings (SSSR count). The van der Waals surface area contributed by atoms with E-state index in [9.17, 15) is 30.8 Å². The number of likely N-dealkylation sites (tertiary alicyclic amines) is 1. The summed E-state index contributed by atoms with van der Waals surface area (Å²) in [6, 6.07) is 6.41. The van der Waals surface area contributed by atoms with Crippen LogP contribution < -0.4 is 15.2 Å². The van der Waals surface area contributed by atoms with Crippen molar-refractivity contribution in [1.82, 2.24) is 10.2 Å². The predicted molar refractivity (Wildman–Crippen MR) is 112 cm³/mol. The van der Waals surface area contributed by atoms with Crippen LogP contribution in [0.2, 0.25) is 0 Å². The van der Waals surface area contributed by atoms with E-state index in [0.717, 1.165) is 24.6 Å². The number of halogens is 4.